The fraction of sp³-hybridized carbons (Fsp3) is 0.438. The number of methoxy groups -OCH3 is 1. The molecule has 1 aliphatic rings. The Bertz CT molecular complexity index is 587. The maximum atomic E-state index is 12.1. The molecule has 1 saturated heterocycles. The molecule has 1 unspecified atom stereocenters. The quantitative estimate of drug-likeness (QED) is 0.750. The number of hydrogen-bond donors (Lipinski definition) is 2. The van der Waals surface area contributed by atoms with Gasteiger partial charge in [-0.2, -0.15) is 0 Å². The van der Waals surface area contributed by atoms with E-state index in [0.29, 0.717) is 17.4 Å². The molecule has 23 heavy (non-hydrogen) atoms. The predicted molar refractivity (Wildman–Crippen MR) is 93.0 cm³/mol. The van der Waals surface area contributed by atoms with Gasteiger partial charge >= 0.3 is 0 Å². The number of anilines is 1. The standard InChI is InChI=1S/C16H21N3O3S/c1-3-4-9-17-16-19-15(21)13(23-16)10-14(20)18-11-5-7-12(22-2)8-6-11/h5-8,13H,3-4,9-10H2,1-2H3,(H,18,20)(H,17,19,21). The number of nitrogens with one attached hydrogen (secondary N) is 2. The Kier molecular flexibility index (Phi) is 6.46. The molecule has 1 aliphatic heterocycles. The highest BCUT2D eigenvalue weighted by atomic mass is 32.2. The molecule has 0 radical (unpaired) electrons. The molecule has 2 amide bonds. The Balaban J connectivity index is 1.84. The van der Waals surface area contributed by atoms with Crippen molar-refractivity contribution >= 4 is 34.4 Å². The summed E-state index contributed by atoms with van der Waals surface area (Å²) in [6, 6.07) is 7.06. The molecule has 0 spiro atoms. The molecule has 2 N–H and O–H groups in total. The fourth-order valence-corrected chi connectivity index (χ4v) is 3.00. The Morgan fingerprint density at radius 1 is 1.39 bits per heavy atom. The normalized spacial score (nSPS) is 18.8. The minimum absolute atomic E-state index is 0.120. The van der Waals surface area contributed by atoms with Gasteiger partial charge in [0.1, 0.15) is 11.0 Å². The Morgan fingerprint density at radius 2 is 2.13 bits per heavy atom. The van der Waals surface area contributed by atoms with Crippen LogP contribution in [0.1, 0.15) is 26.2 Å². The maximum absolute atomic E-state index is 12.1. The van der Waals surface area contributed by atoms with Gasteiger partial charge in [0, 0.05) is 18.7 Å². The van der Waals surface area contributed by atoms with Gasteiger partial charge in [0.25, 0.3) is 0 Å². The van der Waals surface area contributed by atoms with Gasteiger partial charge in [-0.3, -0.25) is 14.6 Å². The van der Waals surface area contributed by atoms with Crippen LogP contribution in [-0.4, -0.2) is 35.9 Å². The number of hydrogen-bond acceptors (Lipinski definition) is 5. The third kappa shape index (κ3) is 5.28. The van der Waals surface area contributed by atoms with Gasteiger partial charge in [-0.25, -0.2) is 0 Å². The zero-order chi connectivity index (χ0) is 16.7. The molecule has 0 aromatic heterocycles. The van der Waals surface area contributed by atoms with Crippen molar-refractivity contribution < 1.29 is 14.3 Å². The summed E-state index contributed by atoms with van der Waals surface area (Å²) in [7, 11) is 1.59. The molecule has 0 saturated carbocycles. The van der Waals surface area contributed by atoms with Crippen LogP contribution in [0.3, 0.4) is 0 Å². The average Bonchev–Trinajstić information content (AvgIpc) is 2.88. The number of amides is 2. The van der Waals surface area contributed by atoms with Crippen LogP contribution in [0.4, 0.5) is 5.69 Å². The third-order valence-corrected chi connectivity index (χ3v) is 4.41. The van der Waals surface area contributed by atoms with Crippen LogP contribution in [0.15, 0.2) is 29.3 Å². The molecule has 1 aromatic carbocycles. The van der Waals surface area contributed by atoms with Gasteiger partial charge in [0.2, 0.25) is 11.8 Å². The summed E-state index contributed by atoms with van der Waals surface area (Å²) in [6.45, 7) is 2.79. The van der Waals surface area contributed by atoms with E-state index in [1.807, 2.05) is 0 Å². The first kappa shape index (κ1) is 17.3. The molecule has 0 aliphatic carbocycles. The number of thioether (sulfide) groups is 1. The molecule has 124 valence electrons. The van der Waals surface area contributed by atoms with E-state index in [2.05, 4.69) is 22.5 Å². The number of benzene rings is 1. The first-order valence-electron chi connectivity index (χ1n) is 7.58. The second kappa shape index (κ2) is 8.57. The Labute approximate surface area is 140 Å². The second-order valence-corrected chi connectivity index (χ2v) is 6.31. The monoisotopic (exact) mass is 335 g/mol. The van der Waals surface area contributed by atoms with Crippen molar-refractivity contribution in [1.29, 1.82) is 0 Å². The summed E-state index contributed by atoms with van der Waals surface area (Å²) in [6.07, 6.45) is 2.17. The van der Waals surface area contributed by atoms with Crippen LogP contribution in [-0.2, 0) is 9.59 Å². The summed E-state index contributed by atoms with van der Waals surface area (Å²) in [5.41, 5.74) is 0.677. The molecule has 2 rings (SSSR count). The average molecular weight is 335 g/mol. The van der Waals surface area contributed by atoms with E-state index in [1.165, 1.54) is 11.8 Å². The number of aliphatic imine (C=N–C) groups is 1. The number of rotatable bonds is 7. The minimum Gasteiger partial charge on any atom is -0.497 e. The van der Waals surface area contributed by atoms with Gasteiger partial charge < -0.3 is 15.4 Å². The predicted octanol–water partition coefficient (Wildman–Crippen LogP) is 2.41. The van der Waals surface area contributed by atoms with Crippen LogP contribution in [0.25, 0.3) is 0 Å². The summed E-state index contributed by atoms with van der Waals surface area (Å²) in [5, 5.41) is 5.70. The Hall–Kier alpha value is -2.02. The van der Waals surface area contributed by atoms with Gasteiger partial charge in [0.05, 0.1) is 7.11 Å². The third-order valence-electron chi connectivity index (χ3n) is 3.29. The second-order valence-electron chi connectivity index (χ2n) is 5.12. The summed E-state index contributed by atoms with van der Waals surface area (Å²) in [5.74, 6) is 0.370. The number of carbonyl (C=O) groups is 2. The van der Waals surface area contributed by atoms with Crippen molar-refractivity contribution in [2.45, 2.75) is 31.4 Å². The molecule has 1 fully saturated rings. The highest BCUT2D eigenvalue weighted by Gasteiger charge is 2.31. The van der Waals surface area contributed by atoms with Crippen molar-refractivity contribution in [3.8, 4) is 5.75 Å². The van der Waals surface area contributed by atoms with E-state index in [4.69, 9.17) is 4.74 Å². The van der Waals surface area contributed by atoms with E-state index in [0.717, 1.165) is 18.6 Å². The SMILES string of the molecule is CCCCN=C1NC(=O)C(CC(=O)Nc2ccc(OC)cc2)S1. The lowest BCUT2D eigenvalue weighted by atomic mass is 10.2. The first-order valence-corrected chi connectivity index (χ1v) is 8.46. The lowest BCUT2D eigenvalue weighted by Crippen LogP contribution is -2.28. The molecule has 0 bridgehead atoms. The van der Waals surface area contributed by atoms with Crippen LogP contribution in [0, 0.1) is 0 Å². The van der Waals surface area contributed by atoms with E-state index in [-0.39, 0.29) is 18.2 Å². The van der Waals surface area contributed by atoms with E-state index in [1.54, 1.807) is 31.4 Å². The van der Waals surface area contributed by atoms with E-state index < -0.39 is 5.25 Å². The summed E-state index contributed by atoms with van der Waals surface area (Å²) in [4.78, 5) is 28.3. The largest absolute Gasteiger partial charge is 0.497 e. The summed E-state index contributed by atoms with van der Waals surface area (Å²) >= 11 is 1.32. The van der Waals surface area contributed by atoms with Gasteiger partial charge in [-0.15, -0.1) is 0 Å². The van der Waals surface area contributed by atoms with E-state index in [9.17, 15) is 9.59 Å². The molecule has 7 heteroatoms. The van der Waals surface area contributed by atoms with Crippen molar-refractivity contribution in [3.05, 3.63) is 24.3 Å². The zero-order valence-corrected chi connectivity index (χ0v) is 14.1. The number of unbranched alkanes of at least 4 members (excludes halogenated alkanes) is 1. The van der Waals surface area contributed by atoms with Crippen molar-refractivity contribution in [2.24, 2.45) is 4.99 Å². The number of ether oxygens (including phenoxy) is 1. The first-order chi connectivity index (χ1) is 11.1. The van der Waals surface area contributed by atoms with Gasteiger partial charge in [-0.05, 0) is 30.7 Å². The smallest absolute Gasteiger partial charge is 0.240 e. The number of carbonyl (C=O) groups excluding carboxylic acids is 2. The molecule has 1 atom stereocenters. The zero-order valence-electron chi connectivity index (χ0n) is 13.3. The van der Waals surface area contributed by atoms with Gasteiger partial charge in [0.15, 0.2) is 5.17 Å². The molecule has 1 heterocycles. The van der Waals surface area contributed by atoms with Crippen LogP contribution < -0.4 is 15.4 Å². The van der Waals surface area contributed by atoms with Crippen molar-refractivity contribution in [2.75, 3.05) is 19.0 Å². The lowest BCUT2D eigenvalue weighted by molar-refractivity contribution is -0.122. The van der Waals surface area contributed by atoms with Crippen molar-refractivity contribution in [1.82, 2.24) is 5.32 Å². The highest BCUT2D eigenvalue weighted by molar-refractivity contribution is 8.15. The molecular weight excluding hydrogens is 314 g/mol. The number of nitrogens with zero attached hydrogens (tertiary/aromatic N) is 1. The maximum Gasteiger partial charge on any atom is 0.240 e. The number of amidine groups is 1. The van der Waals surface area contributed by atoms with E-state index >= 15 is 0 Å². The fourth-order valence-electron chi connectivity index (χ4n) is 2.01. The molecule has 6 nitrogen and oxygen atoms in total. The molecule has 1 aromatic rings. The Morgan fingerprint density at radius 3 is 2.78 bits per heavy atom. The van der Waals surface area contributed by atoms with Crippen molar-refractivity contribution in [3.63, 3.8) is 0 Å². The van der Waals surface area contributed by atoms with Gasteiger partial charge in [-0.1, -0.05) is 25.1 Å². The lowest BCUT2D eigenvalue weighted by Gasteiger charge is -2.08. The van der Waals surface area contributed by atoms with Crippen LogP contribution in [0.2, 0.25) is 0 Å². The van der Waals surface area contributed by atoms with Crippen LogP contribution >= 0.6 is 11.8 Å². The van der Waals surface area contributed by atoms with Crippen LogP contribution in [0.5, 0.6) is 5.75 Å². The minimum atomic E-state index is -0.423. The topological polar surface area (TPSA) is 79.8 Å². The highest BCUT2D eigenvalue weighted by Crippen LogP contribution is 2.23. The molecular formula is C16H21N3O3S. The summed E-state index contributed by atoms with van der Waals surface area (Å²) < 4.78 is 5.07.